The van der Waals surface area contributed by atoms with Gasteiger partial charge in [-0.1, -0.05) is 77.9 Å². The van der Waals surface area contributed by atoms with Gasteiger partial charge in [0, 0.05) is 16.5 Å². The number of imidazole rings is 2. The summed E-state index contributed by atoms with van der Waals surface area (Å²) < 4.78 is 6.25. The third-order valence-electron chi connectivity index (χ3n) is 6.96. The topological polar surface area (TPSA) is 123 Å². The summed E-state index contributed by atoms with van der Waals surface area (Å²) in [6, 6.07) is 16.2. The number of nitrogens with one attached hydrogen (secondary N) is 2. The van der Waals surface area contributed by atoms with Gasteiger partial charge in [-0.25, -0.2) is 9.97 Å². The van der Waals surface area contributed by atoms with Gasteiger partial charge < -0.3 is 25.9 Å². The Labute approximate surface area is 217 Å². The van der Waals surface area contributed by atoms with E-state index in [0.29, 0.717) is 0 Å². The number of aromatic amines is 2. The number of H-pyrrole nitrogens is 2. The maximum absolute atomic E-state index is 6.38. The molecule has 37 heavy (non-hydrogen) atoms. The summed E-state index contributed by atoms with van der Waals surface area (Å²) in [5, 5.41) is 1.04. The second-order valence-electron chi connectivity index (χ2n) is 12.0. The molecule has 0 spiro atoms. The highest BCUT2D eigenvalue weighted by molar-refractivity contribution is 5.86. The zero-order valence-corrected chi connectivity index (χ0v) is 22.4. The molecule has 5 aromatic rings. The zero-order chi connectivity index (χ0) is 26.5. The van der Waals surface area contributed by atoms with E-state index >= 15 is 0 Å². The van der Waals surface area contributed by atoms with Gasteiger partial charge in [0.05, 0.1) is 35.9 Å². The number of fused-ring (bicyclic) bond motifs is 1. The van der Waals surface area contributed by atoms with Crippen LogP contribution in [0.3, 0.4) is 0 Å². The molecule has 0 aliphatic carbocycles. The van der Waals surface area contributed by atoms with E-state index in [9.17, 15) is 0 Å². The smallest absolute Gasteiger partial charge is 0.135 e. The predicted molar refractivity (Wildman–Crippen MR) is 150 cm³/mol. The Bertz CT molecular complexity index is 1520. The molecule has 0 radical (unpaired) electrons. The molecule has 2 atom stereocenters. The highest BCUT2D eigenvalue weighted by Gasteiger charge is 2.26. The van der Waals surface area contributed by atoms with Gasteiger partial charge in [0.1, 0.15) is 23.0 Å². The molecular formula is C30H36N6O. The van der Waals surface area contributed by atoms with Crippen molar-refractivity contribution in [3.63, 3.8) is 0 Å². The third-order valence-corrected chi connectivity index (χ3v) is 6.96. The minimum absolute atomic E-state index is 0.0704. The fraction of sp³-hybridized carbons (Fsp3) is 0.333. The van der Waals surface area contributed by atoms with Crippen molar-refractivity contribution in [3.8, 4) is 33.8 Å². The number of nitrogens with two attached hydrogens (primary N) is 2. The van der Waals surface area contributed by atoms with Crippen molar-refractivity contribution in [3.05, 3.63) is 72.6 Å². The normalized spacial score (nSPS) is 14.3. The van der Waals surface area contributed by atoms with Crippen LogP contribution in [0.25, 0.3) is 44.8 Å². The predicted octanol–water partition coefficient (Wildman–Crippen LogP) is 6.97. The monoisotopic (exact) mass is 496 g/mol. The summed E-state index contributed by atoms with van der Waals surface area (Å²) in [6.45, 7) is 12.7. The lowest BCUT2D eigenvalue weighted by Gasteiger charge is -2.25. The maximum atomic E-state index is 6.38. The summed E-state index contributed by atoms with van der Waals surface area (Å²) in [4.78, 5) is 15.8. The number of benzene rings is 2. The third kappa shape index (κ3) is 4.97. The fourth-order valence-corrected chi connectivity index (χ4v) is 4.26. The van der Waals surface area contributed by atoms with Crippen molar-refractivity contribution in [1.29, 1.82) is 0 Å². The summed E-state index contributed by atoms with van der Waals surface area (Å²) in [5.41, 5.74) is 18.3. The second-order valence-corrected chi connectivity index (χ2v) is 12.0. The summed E-state index contributed by atoms with van der Waals surface area (Å²) >= 11 is 0. The van der Waals surface area contributed by atoms with E-state index in [-0.39, 0.29) is 22.9 Å². The Morgan fingerprint density at radius 3 is 1.70 bits per heavy atom. The molecule has 3 heterocycles. The van der Waals surface area contributed by atoms with Crippen LogP contribution in [0.15, 0.2) is 65.3 Å². The second kappa shape index (κ2) is 9.01. The van der Waals surface area contributed by atoms with Crippen molar-refractivity contribution in [2.24, 2.45) is 22.3 Å². The van der Waals surface area contributed by atoms with E-state index in [1.54, 1.807) is 0 Å². The van der Waals surface area contributed by atoms with Crippen LogP contribution in [0.2, 0.25) is 0 Å². The quantitative estimate of drug-likeness (QED) is 0.209. The first-order valence-electron chi connectivity index (χ1n) is 12.7. The average Bonchev–Trinajstić information content (AvgIpc) is 3.61. The van der Waals surface area contributed by atoms with E-state index < -0.39 is 0 Å². The molecule has 5 rings (SSSR count). The summed E-state index contributed by atoms with van der Waals surface area (Å²) in [7, 11) is 0. The number of furan rings is 1. The highest BCUT2D eigenvalue weighted by Crippen LogP contribution is 2.34. The van der Waals surface area contributed by atoms with Crippen molar-refractivity contribution < 1.29 is 4.42 Å². The minimum Gasteiger partial charge on any atom is -0.456 e. The summed E-state index contributed by atoms with van der Waals surface area (Å²) in [5.74, 6) is 2.40. The molecule has 6 N–H and O–H groups in total. The molecule has 0 aliphatic rings. The van der Waals surface area contributed by atoms with Crippen LogP contribution in [-0.4, -0.2) is 19.9 Å². The first-order valence-corrected chi connectivity index (χ1v) is 12.7. The zero-order valence-electron chi connectivity index (χ0n) is 22.4. The Kier molecular flexibility index (Phi) is 6.09. The molecule has 0 bridgehead atoms. The van der Waals surface area contributed by atoms with Gasteiger partial charge in [0.15, 0.2) is 0 Å². The fourth-order valence-electron chi connectivity index (χ4n) is 4.26. The maximum Gasteiger partial charge on any atom is 0.135 e. The van der Waals surface area contributed by atoms with Gasteiger partial charge in [-0.15, -0.1) is 0 Å². The molecule has 0 saturated carbocycles. The first kappa shape index (κ1) is 25.0. The van der Waals surface area contributed by atoms with Crippen LogP contribution in [0.4, 0.5) is 0 Å². The van der Waals surface area contributed by atoms with Gasteiger partial charge in [0.2, 0.25) is 0 Å². The van der Waals surface area contributed by atoms with Crippen molar-refractivity contribution in [2.45, 2.75) is 53.6 Å². The lowest BCUT2D eigenvalue weighted by atomic mass is 9.87. The van der Waals surface area contributed by atoms with Gasteiger partial charge in [-0.05, 0) is 28.5 Å². The van der Waals surface area contributed by atoms with E-state index in [1.165, 1.54) is 0 Å². The van der Waals surface area contributed by atoms with Crippen LogP contribution in [0, 0.1) is 10.8 Å². The van der Waals surface area contributed by atoms with Gasteiger partial charge in [0.25, 0.3) is 0 Å². The van der Waals surface area contributed by atoms with E-state index in [2.05, 4.69) is 104 Å². The molecule has 2 unspecified atom stereocenters. The van der Waals surface area contributed by atoms with Crippen molar-refractivity contribution in [2.75, 3.05) is 0 Å². The van der Waals surface area contributed by atoms with Crippen LogP contribution in [-0.2, 0) is 0 Å². The van der Waals surface area contributed by atoms with Crippen molar-refractivity contribution >= 4 is 11.0 Å². The Hall–Kier alpha value is -3.68. The number of rotatable bonds is 5. The van der Waals surface area contributed by atoms with E-state index in [1.807, 2.05) is 18.5 Å². The number of hydrogen-bond acceptors (Lipinski definition) is 5. The number of hydrogen-bond donors (Lipinski definition) is 4. The molecule has 0 saturated heterocycles. The molecule has 0 amide bonds. The van der Waals surface area contributed by atoms with Crippen LogP contribution >= 0.6 is 0 Å². The lowest BCUT2D eigenvalue weighted by molar-refractivity contribution is 0.316. The first-order chi connectivity index (χ1) is 17.4. The van der Waals surface area contributed by atoms with Crippen LogP contribution in [0.1, 0.15) is 65.3 Å². The molecule has 0 aliphatic heterocycles. The molecular weight excluding hydrogens is 460 g/mol. The Balaban J connectivity index is 1.37. The molecule has 7 heteroatoms. The number of aromatic nitrogens is 4. The largest absolute Gasteiger partial charge is 0.456 e. The molecule has 192 valence electrons. The summed E-state index contributed by atoms with van der Waals surface area (Å²) in [6.07, 6.45) is 3.67. The van der Waals surface area contributed by atoms with E-state index in [4.69, 9.17) is 15.9 Å². The lowest BCUT2D eigenvalue weighted by Crippen LogP contribution is -2.27. The molecule has 3 aromatic heterocycles. The molecule has 0 fully saturated rings. The van der Waals surface area contributed by atoms with Crippen molar-refractivity contribution in [1.82, 2.24) is 19.9 Å². The Morgan fingerprint density at radius 2 is 1.16 bits per heavy atom. The standard InChI is InChI=1S/C30H36N6O/c1-29(2,3)25(31)27-33-15-21(35-27)17-7-9-18(10-8-17)23-14-20-12-11-19(13-24(20)37-23)22-16-34-28(36-22)26(32)30(4,5)6/h7-16,25-26H,31-32H2,1-6H3,(H,33,35)(H,34,36). The van der Waals surface area contributed by atoms with Crippen LogP contribution < -0.4 is 11.5 Å². The van der Waals surface area contributed by atoms with Gasteiger partial charge in [-0.2, -0.15) is 0 Å². The minimum atomic E-state index is -0.174. The SMILES string of the molecule is CC(C)(C)C(N)c1ncc(-c2ccc(-c3cc4ccc(-c5cnc(C(N)C(C)(C)C)[nH]5)cc4o3)cc2)[nH]1. The molecule has 2 aromatic carbocycles. The highest BCUT2D eigenvalue weighted by atomic mass is 16.3. The Morgan fingerprint density at radius 1 is 0.676 bits per heavy atom. The molecule has 7 nitrogen and oxygen atoms in total. The van der Waals surface area contributed by atoms with E-state index in [0.717, 1.165) is 56.5 Å². The van der Waals surface area contributed by atoms with Gasteiger partial charge in [-0.3, -0.25) is 0 Å². The number of nitrogens with zero attached hydrogens (tertiary/aromatic N) is 2. The van der Waals surface area contributed by atoms with Gasteiger partial charge >= 0.3 is 0 Å². The average molecular weight is 497 g/mol. The van der Waals surface area contributed by atoms with Crippen LogP contribution in [0.5, 0.6) is 0 Å².